The second-order valence-electron chi connectivity index (χ2n) is 4.76. The number of carbonyl (C=O) groups is 3. The Bertz CT molecular complexity index is 573. The van der Waals surface area contributed by atoms with E-state index < -0.39 is 5.97 Å². The number of nitrogens with zero attached hydrogens (tertiary/aromatic N) is 1. The molecule has 2 aliphatic rings. The summed E-state index contributed by atoms with van der Waals surface area (Å²) >= 11 is 0. The van der Waals surface area contributed by atoms with Crippen molar-refractivity contribution in [1.82, 2.24) is 0 Å². The number of aromatic carboxylic acids is 1. The number of fused-ring (bicyclic) bond motifs is 1. The fourth-order valence-electron chi connectivity index (χ4n) is 2.42. The molecule has 92 valence electrons. The van der Waals surface area contributed by atoms with Gasteiger partial charge in [-0.2, -0.15) is 0 Å². The van der Waals surface area contributed by atoms with Gasteiger partial charge in [-0.3, -0.25) is 14.5 Å². The number of imide groups is 1. The van der Waals surface area contributed by atoms with Gasteiger partial charge in [-0.15, -0.1) is 0 Å². The summed E-state index contributed by atoms with van der Waals surface area (Å²) in [4.78, 5) is 35.9. The van der Waals surface area contributed by atoms with Gasteiger partial charge in [0.15, 0.2) is 0 Å². The molecule has 1 aromatic rings. The molecule has 0 aromatic heterocycles. The number of anilines is 1. The summed E-state index contributed by atoms with van der Waals surface area (Å²) < 4.78 is 0. The number of piperidine rings is 1. The molecule has 5 heteroatoms. The normalized spacial score (nSPS) is 25.3. The Hall–Kier alpha value is -2.17. The van der Waals surface area contributed by atoms with E-state index in [1.54, 1.807) is 19.1 Å². The zero-order chi connectivity index (χ0) is 13.0. The van der Waals surface area contributed by atoms with Crippen LogP contribution in [0.1, 0.15) is 22.3 Å². The molecule has 0 radical (unpaired) electrons. The van der Waals surface area contributed by atoms with Crippen molar-refractivity contribution in [3.63, 3.8) is 0 Å². The zero-order valence-electron chi connectivity index (χ0n) is 9.71. The van der Waals surface area contributed by atoms with E-state index in [0.717, 1.165) is 4.90 Å². The topological polar surface area (TPSA) is 74.7 Å². The standard InChI is InChI=1S/C13H11NO4/c1-6-2-3-7(4-8(6)13(17)18)14-11(15)9-5-10(9)12(14)16/h2-4,9-10H,5H2,1H3,(H,17,18). The van der Waals surface area contributed by atoms with Crippen molar-refractivity contribution < 1.29 is 19.5 Å². The first-order valence-corrected chi connectivity index (χ1v) is 5.72. The minimum Gasteiger partial charge on any atom is -0.478 e. The van der Waals surface area contributed by atoms with Gasteiger partial charge in [-0.1, -0.05) is 6.07 Å². The van der Waals surface area contributed by atoms with Gasteiger partial charge in [0.25, 0.3) is 0 Å². The maximum atomic E-state index is 11.9. The average molecular weight is 245 g/mol. The molecule has 1 saturated heterocycles. The van der Waals surface area contributed by atoms with Gasteiger partial charge in [0.05, 0.1) is 23.1 Å². The van der Waals surface area contributed by atoms with E-state index in [0.29, 0.717) is 17.7 Å². The Morgan fingerprint density at radius 3 is 2.44 bits per heavy atom. The van der Waals surface area contributed by atoms with Crippen molar-refractivity contribution in [3.05, 3.63) is 29.3 Å². The molecule has 1 N–H and O–H groups in total. The molecule has 2 amide bonds. The fraction of sp³-hybridized carbons (Fsp3) is 0.308. The highest BCUT2D eigenvalue weighted by molar-refractivity contribution is 6.24. The minimum atomic E-state index is -1.06. The van der Waals surface area contributed by atoms with Crippen LogP contribution >= 0.6 is 0 Å². The number of rotatable bonds is 2. The van der Waals surface area contributed by atoms with Crippen molar-refractivity contribution in [2.75, 3.05) is 4.90 Å². The Morgan fingerprint density at radius 1 is 1.28 bits per heavy atom. The minimum absolute atomic E-state index is 0.119. The van der Waals surface area contributed by atoms with Crippen LogP contribution in [0.2, 0.25) is 0 Å². The molecule has 2 unspecified atom stereocenters. The first-order chi connectivity index (χ1) is 8.50. The first-order valence-electron chi connectivity index (χ1n) is 5.72. The molecule has 3 rings (SSSR count). The summed E-state index contributed by atoms with van der Waals surface area (Å²) in [6.45, 7) is 1.68. The van der Waals surface area contributed by atoms with E-state index in [-0.39, 0.29) is 29.2 Å². The summed E-state index contributed by atoms with van der Waals surface area (Å²) in [7, 11) is 0. The quantitative estimate of drug-likeness (QED) is 0.794. The van der Waals surface area contributed by atoms with Crippen LogP contribution in [-0.2, 0) is 9.59 Å². The van der Waals surface area contributed by atoms with Crippen LogP contribution in [0.5, 0.6) is 0 Å². The van der Waals surface area contributed by atoms with Crippen LogP contribution in [0.3, 0.4) is 0 Å². The lowest BCUT2D eigenvalue weighted by Crippen LogP contribution is -2.32. The SMILES string of the molecule is Cc1ccc(N2C(=O)C3CC3C2=O)cc1C(=O)O. The number of amides is 2. The van der Waals surface area contributed by atoms with Crippen LogP contribution in [0, 0.1) is 18.8 Å². The van der Waals surface area contributed by atoms with Crippen molar-refractivity contribution >= 4 is 23.5 Å². The monoisotopic (exact) mass is 245 g/mol. The third-order valence-electron chi connectivity index (χ3n) is 3.58. The zero-order valence-corrected chi connectivity index (χ0v) is 9.71. The van der Waals surface area contributed by atoms with Gasteiger partial charge in [-0.25, -0.2) is 4.79 Å². The molecular weight excluding hydrogens is 234 g/mol. The van der Waals surface area contributed by atoms with E-state index >= 15 is 0 Å². The van der Waals surface area contributed by atoms with Crippen LogP contribution < -0.4 is 4.90 Å². The lowest BCUT2D eigenvalue weighted by atomic mass is 10.1. The van der Waals surface area contributed by atoms with Gasteiger partial charge >= 0.3 is 5.97 Å². The number of aryl methyl sites for hydroxylation is 1. The smallest absolute Gasteiger partial charge is 0.336 e. The number of carboxylic acids is 1. The average Bonchev–Trinajstić information content (AvgIpc) is 3.06. The summed E-state index contributed by atoms with van der Waals surface area (Å²) in [6.07, 6.45) is 0.645. The maximum Gasteiger partial charge on any atom is 0.336 e. The van der Waals surface area contributed by atoms with E-state index in [4.69, 9.17) is 5.11 Å². The van der Waals surface area contributed by atoms with Crippen molar-refractivity contribution in [2.24, 2.45) is 11.8 Å². The van der Waals surface area contributed by atoms with Crippen LogP contribution in [0.4, 0.5) is 5.69 Å². The molecule has 2 fully saturated rings. The highest BCUT2D eigenvalue weighted by Crippen LogP contribution is 2.48. The molecule has 2 atom stereocenters. The molecular formula is C13H11NO4. The van der Waals surface area contributed by atoms with Gasteiger partial charge in [0.2, 0.25) is 11.8 Å². The van der Waals surface area contributed by atoms with Gasteiger partial charge in [0, 0.05) is 0 Å². The summed E-state index contributed by atoms with van der Waals surface area (Å²) in [5.41, 5.74) is 1.09. The molecule has 18 heavy (non-hydrogen) atoms. The van der Waals surface area contributed by atoms with E-state index in [1.165, 1.54) is 6.07 Å². The molecule has 1 heterocycles. The maximum absolute atomic E-state index is 11.9. The van der Waals surface area contributed by atoms with Crippen LogP contribution in [0.15, 0.2) is 18.2 Å². The number of benzene rings is 1. The molecule has 1 aromatic carbocycles. The molecule has 1 aliphatic carbocycles. The summed E-state index contributed by atoms with van der Waals surface area (Å²) in [6, 6.07) is 4.61. The first kappa shape index (κ1) is 11.0. The highest BCUT2D eigenvalue weighted by atomic mass is 16.4. The van der Waals surface area contributed by atoms with Crippen molar-refractivity contribution in [3.8, 4) is 0 Å². The second kappa shape index (κ2) is 3.41. The summed E-state index contributed by atoms with van der Waals surface area (Å²) in [5, 5.41) is 9.04. The Kier molecular flexibility index (Phi) is 2.08. The second-order valence-corrected chi connectivity index (χ2v) is 4.76. The van der Waals surface area contributed by atoms with E-state index in [9.17, 15) is 14.4 Å². The number of hydrogen-bond acceptors (Lipinski definition) is 3. The van der Waals surface area contributed by atoms with Gasteiger partial charge < -0.3 is 5.11 Å². The lowest BCUT2D eigenvalue weighted by molar-refractivity contribution is -0.123. The highest BCUT2D eigenvalue weighted by Gasteiger charge is 2.59. The number of carbonyl (C=O) groups excluding carboxylic acids is 2. The third kappa shape index (κ3) is 1.37. The van der Waals surface area contributed by atoms with Crippen LogP contribution in [0.25, 0.3) is 0 Å². The predicted octanol–water partition coefficient (Wildman–Crippen LogP) is 1.20. The van der Waals surface area contributed by atoms with E-state index in [2.05, 4.69) is 0 Å². The Balaban J connectivity index is 2.03. The number of hydrogen-bond donors (Lipinski definition) is 1. The molecule has 0 bridgehead atoms. The lowest BCUT2D eigenvalue weighted by Gasteiger charge is -2.17. The third-order valence-corrected chi connectivity index (χ3v) is 3.58. The number of carboxylic acid groups (broad SMARTS) is 1. The van der Waals surface area contributed by atoms with Gasteiger partial charge in [-0.05, 0) is 31.0 Å². The Morgan fingerprint density at radius 2 is 1.89 bits per heavy atom. The van der Waals surface area contributed by atoms with Gasteiger partial charge in [0.1, 0.15) is 0 Å². The fourth-order valence-corrected chi connectivity index (χ4v) is 2.42. The van der Waals surface area contributed by atoms with E-state index in [1.807, 2.05) is 0 Å². The van der Waals surface area contributed by atoms with Crippen molar-refractivity contribution in [2.45, 2.75) is 13.3 Å². The predicted molar refractivity (Wildman–Crippen MR) is 62.2 cm³/mol. The van der Waals surface area contributed by atoms with Crippen LogP contribution in [-0.4, -0.2) is 22.9 Å². The van der Waals surface area contributed by atoms with Crippen molar-refractivity contribution in [1.29, 1.82) is 0 Å². The molecule has 5 nitrogen and oxygen atoms in total. The molecule has 1 saturated carbocycles. The molecule has 1 aliphatic heterocycles. The largest absolute Gasteiger partial charge is 0.478 e. The molecule has 0 spiro atoms. The Labute approximate surface area is 103 Å². The summed E-state index contributed by atoms with van der Waals surface area (Å²) in [5.74, 6) is -1.81.